The molecule has 7 heteroatoms. The molecule has 45 heavy (non-hydrogen) atoms. The third-order valence-electron chi connectivity index (χ3n) is 8.83. The van der Waals surface area contributed by atoms with Gasteiger partial charge in [-0.15, -0.1) is 0 Å². The summed E-state index contributed by atoms with van der Waals surface area (Å²) in [6.07, 6.45) is 8.61. The Morgan fingerprint density at radius 2 is 1.16 bits per heavy atom. The van der Waals surface area contributed by atoms with E-state index in [0.29, 0.717) is 28.5 Å². The van der Waals surface area contributed by atoms with E-state index in [1.165, 1.54) is 9.46 Å². The van der Waals surface area contributed by atoms with Crippen molar-refractivity contribution in [2.45, 2.75) is 11.3 Å². The second kappa shape index (κ2) is 9.58. The minimum atomic E-state index is 0.641. The van der Waals surface area contributed by atoms with E-state index in [2.05, 4.69) is 59.2 Å². The molecule has 8 aromatic rings. The molecule has 0 spiro atoms. The van der Waals surface area contributed by atoms with Crippen molar-refractivity contribution in [2.24, 2.45) is 0 Å². The number of nitrogens with zero attached hydrogens (tertiary/aromatic N) is 4. The second-order valence-corrected chi connectivity index (χ2v) is 12.4. The predicted octanol–water partition coefficient (Wildman–Crippen LogP) is 9.86. The van der Waals surface area contributed by atoms with Gasteiger partial charge in [0.25, 0.3) is 0 Å². The van der Waals surface area contributed by atoms with Crippen LogP contribution in [0.2, 0.25) is 0 Å². The molecule has 0 aliphatic heterocycles. The summed E-state index contributed by atoms with van der Waals surface area (Å²) in [5.41, 5.74) is 6.36. The van der Waals surface area contributed by atoms with Crippen molar-refractivity contribution >= 4 is 77.2 Å². The van der Waals surface area contributed by atoms with Gasteiger partial charge < -0.3 is 15.0 Å². The number of rotatable bonds is 3. The van der Waals surface area contributed by atoms with Gasteiger partial charge in [-0.25, -0.2) is 0 Å². The van der Waals surface area contributed by atoms with Gasteiger partial charge in [-0.1, -0.05) is 78.5 Å². The molecule has 0 unspecified atom stereocenters. The van der Waals surface area contributed by atoms with Gasteiger partial charge in [-0.3, -0.25) is 0 Å². The molecule has 0 saturated carbocycles. The Morgan fingerprint density at radius 3 is 1.76 bits per heavy atom. The summed E-state index contributed by atoms with van der Waals surface area (Å²) >= 11 is 1.66. The third kappa shape index (κ3) is 3.57. The van der Waals surface area contributed by atoms with E-state index in [1.807, 2.05) is 72.8 Å². The molecule has 0 radical (unpaired) electrons. The van der Waals surface area contributed by atoms with E-state index in [-0.39, 0.29) is 0 Å². The standard InChI is InChI=1S/C38H24N4O2S/c39-22-23-8-7-9-25(19-16-23)45-26-20-17-24(18-21-26)40-30-13-4-1-10-27(30)33-36(40)34-28-11-2-5-14-31(28)41(43)38(34)35-29-12-3-6-15-32(29)42(44)37(33)35/h1-7,9-21,43-44H,8H2. The summed E-state index contributed by atoms with van der Waals surface area (Å²) in [6.45, 7) is 0. The van der Waals surface area contributed by atoms with Crippen LogP contribution in [-0.2, 0) is 0 Å². The summed E-state index contributed by atoms with van der Waals surface area (Å²) in [5, 5.41) is 38.2. The van der Waals surface area contributed by atoms with Crippen LogP contribution < -0.4 is 0 Å². The van der Waals surface area contributed by atoms with Crippen molar-refractivity contribution in [3.05, 3.63) is 132 Å². The van der Waals surface area contributed by atoms with Crippen LogP contribution in [0.1, 0.15) is 6.42 Å². The highest BCUT2D eigenvalue weighted by Gasteiger charge is 2.27. The monoisotopic (exact) mass is 600 g/mol. The molecule has 6 nitrogen and oxygen atoms in total. The van der Waals surface area contributed by atoms with E-state index >= 15 is 0 Å². The molecule has 5 aromatic carbocycles. The molecule has 1 aliphatic carbocycles. The number of allylic oxidation sites excluding steroid dienone is 5. The van der Waals surface area contributed by atoms with E-state index in [4.69, 9.17) is 0 Å². The number of benzene rings is 5. The average Bonchev–Trinajstić information content (AvgIpc) is 3.60. The van der Waals surface area contributed by atoms with Gasteiger partial charge in [0.2, 0.25) is 0 Å². The average molecular weight is 601 g/mol. The molecule has 0 atom stereocenters. The van der Waals surface area contributed by atoms with Gasteiger partial charge in [0.1, 0.15) is 11.0 Å². The topological polar surface area (TPSA) is 79.0 Å². The first-order valence-corrected chi connectivity index (χ1v) is 15.5. The Hall–Kier alpha value is -5.84. The molecule has 0 fully saturated rings. The summed E-state index contributed by atoms with van der Waals surface area (Å²) in [6, 6.07) is 34.7. The lowest BCUT2D eigenvalue weighted by atomic mass is 10.0. The lowest BCUT2D eigenvalue weighted by molar-refractivity contribution is 0.212. The van der Waals surface area contributed by atoms with Crippen LogP contribution in [0.25, 0.3) is 71.1 Å². The van der Waals surface area contributed by atoms with Gasteiger partial charge >= 0.3 is 0 Å². The Labute approximate surface area is 261 Å². The number of aromatic nitrogens is 3. The molecule has 2 N–H and O–H groups in total. The smallest absolute Gasteiger partial charge is 0.100 e. The van der Waals surface area contributed by atoms with Crippen LogP contribution in [0.4, 0.5) is 0 Å². The normalized spacial score (nSPS) is 13.7. The van der Waals surface area contributed by atoms with Crippen molar-refractivity contribution in [1.29, 1.82) is 5.26 Å². The number of para-hydroxylation sites is 3. The zero-order valence-electron chi connectivity index (χ0n) is 23.8. The molecule has 214 valence electrons. The van der Waals surface area contributed by atoms with Gasteiger partial charge in [0.15, 0.2) is 0 Å². The maximum atomic E-state index is 11.7. The van der Waals surface area contributed by atoms with Crippen molar-refractivity contribution in [3.63, 3.8) is 0 Å². The van der Waals surface area contributed by atoms with Gasteiger partial charge in [0.05, 0.1) is 28.1 Å². The maximum absolute atomic E-state index is 11.7. The lowest BCUT2D eigenvalue weighted by Crippen LogP contribution is -1.96. The fourth-order valence-corrected chi connectivity index (χ4v) is 7.78. The van der Waals surface area contributed by atoms with Crippen LogP contribution in [0.5, 0.6) is 0 Å². The summed E-state index contributed by atoms with van der Waals surface area (Å²) in [4.78, 5) is 2.15. The van der Waals surface area contributed by atoms with Crippen LogP contribution in [0.15, 0.2) is 137 Å². The molecular weight excluding hydrogens is 577 g/mol. The first kappa shape index (κ1) is 25.6. The minimum Gasteiger partial charge on any atom is -0.428 e. The lowest BCUT2D eigenvalue weighted by Gasteiger charge is -2.11. The predicted molar refractivity (Wildman–Crippen MR) is 183 cm³/mol. The molecule has 0 saturated heterocycles. The number of thioether (sulfide) groups is 1. The first-order valence-electron chi connectivity index (χ1n) is 14.7. The molecule has 3 aromatic heterocycles. The minimum absolute atomic E-state index is 0.641. The molecule has 3 heterocycles. The Morgan fingerprint density at radius 1 is 0.622 bits per heavy atom. The highest BCUT2D eigenvalue weighted by atomic mass is 32.2. The van der Waals surface area contributed by atoms with Crippen LogP contribution in [0, 0.1) is 11.3 Å². The van der Waals surface area contributed by atoms with E-state index in [0.717, 1.165) is 64.4 Å². The summed E-state index contributed by atoms with van der Waals surface area (Å²) in [7, 11) is 0. The third-order valence-corrected chi connectivity index (χ3v) is 9.84. The van der Waals surface area contributed by atoms with Crippen LogP contribution >= 0.6 is 11.8 Å². The number of nitriles is 1. The Kier molecular flexibility index (Phi) is 5.46. The van der Waals surface area contributed by atoms with E-state index in [1.54, 1.807) is 11.8 Å². The fourth-order valence-electron chi connectivity index (χ4n) is 6.93. The quantitative estimate of drug-likeness (QED) is 0.198. The number of hydrogen-bond donors (Lipinski definition) is 2. The molecule has 0 amide bonds. The highest BCUT2D eigenvalue weighted by molar-refractivity contribution is 8.03. The highest BCUT2D eigenvalue weighted by Crippen LogP contribution is 2.48. The molecule has 1 aliphatic rings. The molecular formula is C38H24N4O2S. The van der Waals surface area contributed by atoms with Crippen molar-refractivity contribution in [1.82, 2.24) is 14.0 Å². The zero-order valence-corrected chi connectivity index (χ0v) is 24.7. The van der Waals surface area contributed by atoms with Crippen molar-refractivity contribution < 1.29 is 10.4 Å². The largest absolute Gasteiger partial charge is 0.428 e. The zero-order chi connectivity index (χ0) is 30.2. The van der Waals surface area contributed by atoms with Crippen LogP contribution in [-0.4, -0.2) is 24.4 Å². The van der Waals surface area contributed by atoms with Gasteiger partial charge in [-0.05, 0) is 54.6 Å². The second-order valence-electron chi connectivity index (χ2n) is 11.3. The number of hydrogen-bond acceptors (Lipinski definition) is 4. The maximum Gasteiger partial charge on any atom is 0.100 e. The van der Waals surface area contributed by atoms with Crippen molar-refractivity contribution in [2.75, 3.05) is 0 Å². The summed E-state index contributed by atoms with van der Waals surface area (Å²) < 4.78 is 4.80. The van der Waals surface area contributed by atoms with Crippen LogP contribution in [0.3, 0.4) is 0 Å². The van der Waals surface area contributed by atoms with E-state index < -0.39 is 0 Å². The Bertz CT molecular complexity index is 2640. The molecule has 0 bridgehead atoms. The fraction of sp³-hybridized carbons (Fsp3) is 0.0263. The number of fused-ring (bicyclic) bond motifs is 12. The summed E-state index contributed by atoms with van der Waals surface area (Å²) in [5.74, 6) is 0. The SMILES string of the molecule is N#CC1=CC=C(Sc2ccc(-n3c4ccccc4c4c5c(c6ccccc6n5O)c5c(c6ccccc6n5O)c43)cc2)C=CC1. The molecule has 9 rings (SSSR count). The first-order chi connectivity index (χ1) is 22.1. The van der Waals surface area contributed by atoms with E-state index in [9.17, 15) is 15.7 Å². The van der Waals surface area contributed by atoms with Crippen molar-refractivity contribution in [3.8, 4) is 11.8 Å². The Balaban J connectivity index is 1.38. The van der Waals surface area contributed by atoms with Gasteiger partial charge in [0, 0.05) is 59.8 Å². The van der Waals surface area contributed by atoms with Gasteiger partial charge in [-0.2, -0.15) is 14.7 Å².